The number of amides is 1. The summed E-state index contributed by atoms with van der Waals surface area (Å²) in [4.78, 5) is 16.9. The molecule has 0 spiro atoms. The highest BCUT2D eigenvalue weighted by Gasteiger charge is 2.16. The van der Waals surface area contributed by atoms with Crippen molar-refractivity contribution in [2.45, 2.75) is 25.8 Å². The van der Waals surface area contributed by atoms with Crippen molar-refractivity contribution in [3.63, 3.8) is 0 Å². The number of fused-ring (bicyclic) bond motifs is 1. The van der Waals surface area contributed by atoms with E-state index in [0.29, 0.717) is 11.5 Å². The Labute approximate surface area is 164 Å². The number of ether oxygens (including phenoxy) is 2. The third-order valence-electron chi connectivity index (χ3n) is 5.00. The number of methoxy groups -OCH3 is 2. The van der Waals surface area contributed by atoms with Crippen molar-refractivity contribution >= 4 is 11.6 Å². The Kier molecular flexibility index (Phi) is 5.02. The molecule has 144 valence electrons. The Hall–Kier alpha value is -3.28. The predicted molar refractivity (Wildman–Crippen MR) is 108 cm³/mol. The van der Waals surface area contributed by atoms with Gasteiger partial charge in [-0.2, -0.15) is 0 Å². The van der Waals surface area contributed by atoms with E-state index in [-0.39, 0.29) is 12.3 Å². The molecule has 0 unspecified atom stereocenters. The molecule has 6 heteroatoms. The van der Waals surface area contributed by atoms with E-state index < -0.39 is 0 Å². The van der Waals surface area contributed by atoms with Crippen molar-refractivity contribution < 1.29 is 14.3 Å². The Bertz CT molecular complexity index is 993. The summed E-state index contributed by atoms with van der Waals surface area (Å²) in [7, 11) is 3.17. The van der Waals surface area contributed by atoms with E-state index in [1.54, 1.807) is 20.3 Å². The standard InChI is InChI=1S/C22H23N3O3/c1-27-19-10-5-15(12-20(19)28-2)13-22(26)24-17-8-6-16(7-9-17)18-14-23-21-4-3-11-25(18)21/h5-10,12,14H,3-4,11,13H2,1-2H3,(H,24,26). The van der Waals surface area contributed by atoms with Gasteiger partial charge in [0, 0.05) is 18.7 Å². The van der Waals surface area contributed by atoms with Crippen LogP contribution in [0.4, 0.5) is 5.69 Å². The molecule has 2 aromatic carbocycles. The molecule has 4 rings (SSSR count). The van der Waals surface area contributed by atoms with Gasteiger partial charge in [-0.25, -0.2) is 4.98 Å². The average molecular weight is 377 g/mol. The maximum Gasteiger partial charge on any atom is 0.228 e. The number of anilines is 1. The van der Waals surface area contributed by atoms with Gasteiger partial charge in [-0.15, -0.1) is 0 Å². The normalized spacial score (nSPS) is 12.5. The van der Waals surface area contributed by atoms with Crippen LogP contribution in [0, 0.1) is 0 Å². The number of aryl methyl sites for hydroxylation is 1. The summed E-state index contributed by atoms with van der Waals surface area (Å²) in [6, 6.07) is 13.4. The molecule has 6 nitrogen and oxygen atoms in total. The molecular weight excluding hydrogens is 354 g/mol. The van der Waals surface area contributed by atoms with Gasteiger partial charge in [0.25, 0.3) is 0 Å². The second-order valence-electron chi connectivity index (χ2n) is 6.81. The van der Waals surface area contributed by atoms with Crippen molar-refractivity contribution in [3.05, 3.63) is 60.0 Å². The minimum absolute atomic E-state index is 0.0785. The highest BCUT2D eigenvalue weighted by atomic mass is 16.5. The number of hydrogen-bond acceptors (Lipinski definition) is 4. The van der Waals surface area contributed by atoms with Crippen LogP contribution in [0.25, 0.3) is 11.3 Å². The number of benzene rings is 2. The number of aromatic nitrogens is 2. The first kappa shape index (κ1) is 18.1. The molecule has 1 aliphatic heterocycles. The third kappa shape index (κ3) is 3.58. The highest BCUT2D eigenvalue weighted by molar-refractivity contribution is 5.92. The molecule has 1 aromatic heterocycles. The van der Waals surface area contributed by atoms with Crippen LogP contribution in [0.5, 0.6) is 11.5 Å². The lowest BCUT2D eigenvalue weighted by atomic mass is 10.1. The van der Waals surface area contributed by atoms with Crippen molar-refractivity contribution in [2.75, 3.05) is 19.5 Å². The Morgan fingerprint density at radius 2 is 1.89 bits per heavy atom. The molecule has 3 aromatic rings. The monoisotopic (exact) mass is 377 g/mol. The van der Waals surface area contributed by atoms with Gasteiger partial charge in [0.1, 0.15) is 5.82 Å². The second-order valence-corrected chi connectivity index (χ2v) is 6.81. The lowest BCUT2D eigenvalue weighted by molar-refractivity contribution is -0.115. The van der Waals surface area contributed by atoms with E-state index in [2.05, 4.69) is 14.9 Å². The van der Waals surface area contributed by atoms with Gasteiger partial charge in [-0.05, 0) is 41.8 Å². The molecule has 0 saturated heterocycles. The van der Waals surface area contributed by atoms with Gasteiger partial charge in [0.05, 0.1) is 32.5 Å². The molecule has 0 bridgehead atoms. The summed E-state index contributed by atoms with van der Waals surface area (Å²) in [6.07, 6.45) is 4.39. The van der Waals surface area contributed by atoms with Crippen LogP contribution in [0.2, 0.25) is 0 Å². The fourth-order valence-electron chi connectivity index (χ4n) is 3.59. The van der Waals surface area contributed by atoms with Gasteiger partial charge >= 0.3 is 0 Å². The van der Waals surface area contributed by atoms with Gasteiger partial charge in [-0.1, -0.05) is 18.2 Å². The largest absolute Gasteiger partial charge is 0.493 e. The summed E-state index contributed by atoms with van der Waals surface area (Å²) in [5.74, 6) is 2.34. The number of carbonyl (C=O) groups excluding carboxylic acids is 1. The quantitative estimate of drug-likeness (QED) is 0.711. The summed E-state index contributed by atoms with van der Waals surface area (Å²) in [5.41, 5.74) is 3.88. The SMILES string of the molecule is COc1ccc(CC(=O)Nc2ccc(-c3cnc4n3CCC4)cc2)cc1OC. The number of rotatable bonds is 6. The zero-order chi connectivity index (χ0) is 19.5. The van der Waals surface area contributed by atoms with Crippen molar-refractivity contribution in [1.82, 2.24) is 9.55 Å². The lowest BCUT2D eigenvalue weighted by Gasteiger charge is -2.10. The molecule has 28 heavy (non-hydrogen) atoms. The Balaban J connectivity index is 1.42. The number of nitrogens with zero attached hydrogens (tertiary/aromatic N) is 2. The van der Waals surface area contributed by atoms with E-state index in [0.717, 1.165) is 47.7 Å². The van der Waals surface area contributed by atoms with Crippen molar-refractivity contribution in [3.8, 4) is 22.8 Å². The molecule has 0 saturated carbocycles. The third-order valence-corrected chi connectivity index (χ3v) is 5.00. The first-order valence-corrected chi connectivity index (χ1v) is 9.33. The lowest BCUT2D eigenvalue weighted by Crippen LogP contribution is -2.14. The van der Waals surface area contributed by atoms with Crippen LogP contribution in [0.15, 0.2) is 48.7 Å². The van der Waals surface area contributed by atoms with Crippen LogP contribution < -0.4 is 14.8 Å². The molecule has 2 heterocycles. The maximum atomic E-state index is 12.4. The topological polar surface area (TPSA) is 65.4 Å². The van der Waals surface area contributed by atoms with Gasteiger partial charge < -0.3 is 19.4 Å². The van der Waals surface area contributed by atoms with Crippen molar-refractivity contribution in [2.24, 2.45) is 0 Å². The van der Waals surface area contributed by atoms with Gasteiger partial charge in [0.2, 0.25) is 5.91 Å². The fraction of sp³-hybridized carbons (Fsp3) is 0.273. The van der Waals surface area contributed by atoms with Crippen LogP contribution in [-0.4, -0.2) is 29.7 Å². The Morgan fingerprint density at radius 1 is 1.11 bits per heavy atom. The smallest absolute Gasteiger partial charge is 0.228 e. The zero-order valence-electron chi connectivity index (χ0n) is 16.1. The minimum atomic E-state index is -0.0785. The summed E-state index contributed by atoms with van der Waals surface area (Å²) in [5, 5.41) is 2.95. The van der Waals surface area contributed by atoms with Crippen LogP contribution in [0.1, 0.15) is 17.8 Å². The van der Waals surface area contributed by atoms with Crippen LogP contribution in [0.3, 0.4) is 0 Å². The molecule has 0 fully saturated rings. The van der Waals surface area contributed by atoms with E-state index in [9.17, 15) is 4.79 Å². The first-order valence-electron chi connectivity index (χ1n) is 9.33. The Morgan fingerprint density at radius 3 is 2.64 bits per heavy atom. The molecule has 0 aliphatic carbocycles. The summed E-state index contributed by atoms with van der Waals surface area (Å²) in [6.45, 7) is 1.02. The van der Waals surface area contributed by atoms with E-state index in [1.807, 2.05) is 42.6 Å². The number of carbonyl (C=O) groups is 1. The summed E-state index contributed by atoms with van der Waals surface area (Å²) >= 11 is 0. The van der Waals surface area contributed by atoms with E-state index in [4.69, 9.17) is 9.47 Å². The number of imidazole rings is 1. The maximum absolute atomic E-state index is 12.4. The zero-order valence-corrected chi connectivity index (χ0v) is 16.1. The number of nitrogens with one attached hydrogen (secondary N) is 1. The molecular formula is C22H23N3O3. The van der Waals surface area contributed by atoms with Crippen molar-refractivity contribution in [1.29, 1.82) is 0 Å². The fourth-order valence-corrected chi connectivity index (χ4v) is 3.59. The van der Waals surface area contributed by atoms with Gasteiger partial charge in [-0.3, -0.25) is 4.79 Å². The molecule has 0 radical (unpaired) electrons. The second kappa shape index (κ2) is 7.76. The number of hydrogen-bond donors (Lipinski definition) is 1. The first-order chi connectivity index (χ1) is 13.7. The van der Waals surface area contributed by atoms with E-state index in [1.165, 1.54) is 0 Å². The predicted octanol–water partition coefficient (Wildman–Crippen LogP) is 3.69. The molecule has 0 atom stereocenters. The average Bonchev–Trinajstić information content (AvgIpc) is 3.32. The minimum Gasteiger partial charge on any atom is -0.493 e. The van der Waals surface area contributed by atoms with Crippen LogP contribution >= 0.6 is 0 Å². The van der Waals surface area contributed by atoms with Gasteiger partial charge in [0.15, 0.2) is 11.5 Å². The summed E-state index contributed by atoms with van der Waals surface area (Å²) < 4.78 is 12.8. The van der Waals surface area contributed by atoms with E-state index >= 15 is 0 Å². The molecule has 1 N–H and O–H groups in total. The van der Waals surface area contributed by atoms with Crippen LogP contribution in [-0.2, 0) is 24.2 Å². The molecule has 1 amide bonds. The molecule has 1 aliphatic rings. The highest BCUT2D eigenvalue weighted by Crippen LogP contribution is 2.28.